The Hall–Kier alpha value is -1.81. The molecule has 1 N–H and O–H groups in total. The minimum absolute atomic E-state index is 0.215. The molecule has 0 aliphatic rings. The van der Waals surface area contributed by atoms with Gasteiger partial charge in [-0.05, 0) is 30.0 Å². The van der Waals surface area contributed by atoms with E-state index in [2.05, 4.69) is 4.42 Å². The highest BCUT2D eigenvalue weighted by Gasteiger charge is 2.13. The lowest BCUT2D eigenvalue weighted by atomic mass is 10.1. The second-order valence-corrected chi connectivity index (χ2v) is 3.76. The van der Waals surface area contributed by atoms with Gasteiger partial charge in [-0.2, -0.15) is 0 Å². The number of carbonyl (C=O) groups is 1. The summed E-state index contributed by atoms with van der Waals surface area (Å²) in [6, 6.07) is 4.60. The zero-order chi connectivity index (χ0) is 11.9. The Kier molecular flexibility index (Phi) is 2.44. The first-order valence-electron chi connectivity index (χ1n) is 4.47. The Balaban J connectivity index is 2.98. The van der Waals surface area contributed by atoms with Crippen molar-refractivity contribution in [2.75, 3.05) is 0 Å². The van der Waals surface area contributed by atoms with Crippen LogP contribution in [0, 0.1) is 6.92 Å². The number of fused-ring (bicyclic) bond motifs is 1. The maximum atomic E-state index is 11.6. The fourth-order valence-electron chi connectivity index (χ4n) is 1.51. The van der Waals surface area contributed by atoms with E-state index in [-0.39, 0.29) is 16.2 Å². The first-order valence-corrected chi connectivity index (χ1v) is 4.85. The van der Waals surface area contributed by atoms with Crippen molar-refractivity contribution in [1.29, 1.82) is 0 Å². The van der Waals surface area contributed by atoms with Gasteiger partial charge >= 0.3 is 11.6 Å². The SMILES string of the molecule is Cc1ccc(Cl)c2c(=O)oc(C(=O)O)cc12. The number of aromatic carboxylic acids is 1. The summed E-state index contributed by atoms with van der Waals surface area (Å²) in [5.74, 6) is -1.67. The van der Waals surface area contributed by atoms with Crippen molar-refractivity contribution < 1.29 is 14.3 Å². The van der Waals surface area contributed by atoms with Crippen molar-refractivity contribution >= 4 is 28.3 Å². The highest BCUT2D eigenvalue weighted by molar-refractivity contribution is 6.35. The van der Waals surface area contributed by atoms with Gasteiger partial charge in [0.15, 0.2) is 0 Å². The van der Waals surface area contributed by atoms with E-state index < -0.39 is 11.6 Å². The van der Waals surface area contributed by atoms with Gasteiger partial charge in [-0.25, -0.2) is 9.59 Å². The fraction of sp³-hybridized carbons (Fsp3) is 0.0909. The minimum atomic E-state index is -1.28. The molecule has 0 aliphatic heterocycles. The van der Waals surface area contributed by atoms with E-state index in [1.165, 1.54) is 6.07 Å². The summed E-state index contributed by atoms with van der Waals surface area (Å²) in [7, 11) is 0. The lowest BCUT2D eigenvalue weighted by Gasteiger charge is -2.03. The Morgan fingerprint density at radius 1 is 1.44 bits per heavy atom. The van der Waals surface area contributed by atoms with Crippen LogP contribution in [0.5, 0.6) is 0 Å². The molecule has 16 heavy (non-hydrogen) atoms. The predicted octanol–water partition coefficient (Wildman–Crippen LogP) is 2.45. The molecule has 2 rings (SSSR count). The molecule has 0 fully saturated rings. The number of rotatable bonds is 1. The zero-order valence-electron chi connectivity index (χ0n) is 8.28. The van der Waals surface area contributed by atoms with E-state index in [0.717, 1.165) is 5.56 Å². The van der Waals surface area contributed by atoms with Crippen molar-refractivity contribution in [3.63, 3.8) is 0 Å². The molecule has 4 nitrogen and oxygen atoms in total. The summed E-state index contributed by atoms with van der Waals surface area (Å²) >= 11 is 5.86. The highest BCUT2D eigenvalue weighted by atomic mass is 35.5. The van der Waals surface area contributed by atoms with Crippen molar-refractivity contribution in [2.24, 2.45) is 0 Å². The quantitative estimate of drug-likeness (QED) is 0.829. The van der Waals surface area contributed by atoms with Crippen LogP contribution in [0.25, 0.3) is 10.8 Å². The number of aryl methyl sites for hydroxylation is 1. The first kappa shape index (κ1) is 10.7. The van der Waals surface area contributed by atoms with E-state index in [1.807, 2.05) is 0 Å². The third kappa shape index (κ3) is 1.57. The van der Waals surface area contributed by atoms with Gasteiger partial charge < -0.3 is 9.52 Å². The third-order valence-corrected chi connectivity index (χ3v) is 2.62. The van der Waals surface area contributed by atoms with E-state index in [9.17, 15) is 9.59 Å². The fourth-order valence-corrected chi connectivity index (χ4v) is 1.75. The van der Waals surface area contributed by atoms with Gasteiger partial charge in [-0.15, -0.1) is 0 Å². The Morgan fingerprint density at radius 2 is 2.12 bits per heavy atom. The second-order valence-electron chi connectivity index (χ2n) is 3.36. The van der Waals surface area contributed by atoms with E-state index in [4.69, 9.17) is 16.7 Å². The van der Waals surface area contributed by atoms with Crippen LogP contribution < -0.4 is 5.63 Å². The number of hydrogen-bond donors (Lipinski definition) is 1. The molecule has 0 bridgehead atoms. The summed E-state index contributed by atoms with van der Waals surface area (Å²) in [6.07, 6.45) is 0. The van der Waals surface area contributed by atoms with Gasteiger partial charge in [0.1, 0.15) is 0 Å². The zero-order valence-corrected chi connectivity index (χ0v) is 9.04. The van der Waals surface area contributed by atoms with Crippen LogP contribution in [-0.2, 0) is 0 Å². The smallest absolute Gasteiger partial charge is 0.371 e. The van der Waals surface area contributed by atoms with Gasteiger partial charge in [0.25, 0.3) is 0 Å². The van der Waals surface area contributed by atoms with Crippen molar-refractivity contribution in [3.05, 3.63) is 45.0 Å². The molecular weight excluding hydrogens is 232 g/mol. The molecule has 0 atom stereocenters. The topological polar surface area (TPSA) is 67.5 Å². The molecule has 82 valence electrons. The lowest BCUT2D eigenvalue weighted by molar-refractivity contribution is 0.0658. The Morgan fingerprint density at radius 3 is 2.75 bits per heavy atom. The molecule has 0 radical (unpaired) electrons. The largest absolute Gasteiger partial charge is 0.475 e. The number of benzene rings is 1. The lowest BCUT2D eigenvalue weighted by Crippen LogP contribution is -2.07. The van der Waals surface area contributed by atoms with Crippen LogP contribution in [0.3, 0.4) is 0 Å². The normalized spacial score (nSPS) is 10.6. The van der Waals surface area contributed by atoms with E-state index in [1.54, 1.807) is 19.1 Å². The van der Waals surface area contributed by atoms with Crippen molar-refractivity contribution in [3.8, 4) is 0 Å². The van der Waals surface area contributed by atoms with Crippen LogP contribution in [0.15, 0.2) is 27.4 Å². The summed E-state index contributed by atoms with van der Waals surface area (Å²) in [6.45, 7) is 1.77. The Bertz CT molecular complexity index is 642. The molecule has 0 spiro atoms. The molecule has 5 heteroatoms. The molecule has 1 aromatic heterocycles. The predicted molar refractivity (Wildman–Crippen MR) is 59.2 cm³/mol. The van der Waals surface area contributed by atoms with Gasteiger partial charge in [-0.1, -0.05) is 17.7 Å². The molecular formula is C11H7ClO4. The summed E-state index contributed by atoms with van der Waals surface area (Å²) in [4.78, 5) is 22.3. The number of carboxylic acids is 1. The van der Waals surface area contributed by atoms with E-state index in [0.29, 0.717) is 5.39 Å². The molecule has 1 aromatic carbocycles. The Labute approximate surface area is 95.1 Å². The standard InChI is InChI=1S/C11H7ClO4/c1-5-2-3-7(12)9-6(5)4-8(10(13)14)16-11(9)15/h2-4H,1H3,(H,13,14). The van der Waals surface area contributed by atoms with Crippen LogP contribution >= 0.6 is 11.6 Å². The first-order chi connectivity index (χ1) is 7.50. The molecule has 0 saturated carbocycles. The van der Waals surface area contributed by atoms with Crippen LogP contribution in [-0.4, -0.2) is 11.1 Å². The number of carboxylic acid groups (broad SMARTS) is 1. The van der Waals surface area contributed by atoms with Crippen molar-refractivity contribution in [1.82, 2.24) is 0 Å². The van der Waals surface area contributed by atoms with Crippen LogP contribution in [0.1, 0.15) is 16.1 Å². The van der Waals surface area contributed by atoms with Gasteiger partial charge in [0.2, 0.25) is 5.76 Å². The summed E-state index contributed by atoms with van der Waals surface area (Å²) in [5, 5.41) is 9.73. The second kappa shape index (κ2) is 3.64. The minimum Gasteiger partial charge on any atom is -0.475 e. The van der Waals surface area contributed by atoms with Gasteiger partial charge in [-0.3, -0.25) is 0 Å². The summed E-state index contributed by atoms with van der Waals surface area (Å²) < 4.78 is 4.65. The number of halogens is 1. The molecule has 0 aliphatic carbocycles. The monoisotopic (exact) mass is 238 g/mol. The average Bonchev–Trinajstić information content (AvgIpc) is 2.22. The van der Waals surface area contributed by atoms with Gasteiger partial charge in [0.05, 0.1) is 10.4 Å². The maximum absolute atomic E-state index is 11.6. The number of hydrogen-bond acceptors (Lipinski definition) is 3. The maximum Gasteiger partial charge on any atom is 0.371 e. The van der Waals surface area contributed by atoms with Crippen molar-refractivity contribution in [2.45, 2.75) is 6.92 Å². The molecule has 0 unspecified atom stereocenters. The third-order valence-electron chi connectivity index (χ3n) is 2.31. The highest BCUT2D eigenvalue weighted by Crippen LogP contribution is 2.24. The molecule has 0 amide bonds. The van der Waals surface area contributed by atoms with Crippen LogP contribution in [0.2, 0.25) is 5.02 Å². The average molecular weight is 239 g/mol. The van der Waals surface area contributed by atoms with E-state index >= 15 is 0 Å². The van der Waals surface area contributed by atoms with Gasteiger partial charge in [0, 0.05) is 0 Å². The summed E-state index contributed by atoms with van der Waals surface area (Å²) in [5.41, 5.74) is 0.0402. The molecule has 2 aromatic rings. The van der Waals surface area contributed by atoms with Crippen LogP contribution in [0.4, 0.5) is 0 Å². The molecule has 0 saturated heterocycles. The molecule has 1 heterocycles.